The minimum atomic E-state index is -0.0840. The van der Waals surface area contributed by atoms with Gasteiger partial charge in [-0.05, 0) is 100 Å². The number of hydrogen-bond acceptors (Lipinski definition) is 5. The summed E-state index contributed by atoms with van der Waals surface area (Å²) in [6, 6.07) is 65.5. The van der Waals surface area contributed by atoms with Crippen LogP contribution in [0, 0.1) is 0 Å². The zero-order valence-corrected chi connectivity index (χ0v) is 33.9. The van der Waals surface area contributed by atoms with E-state index in [4.69, 9.17) is 23.5 Å². The van der Waals surface area contributed by atoms with E-state index < -0.39 is 0 Å². The Morgan fingerprint density at radius 2 is 1.00 bits per heavy atom. The Morgan fingerprint density at radius 3 is 1.75 bits per heavy atom. The Balaban J connectivity index is 1.13. The van der Waals surface area contributed by atoms with Gasteiger partial charge in [-0.1, -0.05) is 140 Å². The van der Waals surface area contributed by atoms with Crippen LogP contribution in [0.4, 0.5) is 0 Å². The summed E-state index contributed by atoms with van der Waals surface area (Å²) in [5, 5.41) is 4.31. The van der Waals surface area contributed by atoms with Gasteiger partial charge < -0.3 is 13.6 Å². The van der Waals surface area contributed by atoms with Gasteiger partial charge in [-0.3, -0.25) is 0 Å². The first-order valence-corrected chi connectivity index (χ1v) is 21.4. The molecule has 0 fully saturated rings. The van der Waals surface area contributed by atoms with Crippen molar-refractivity contribution in [2.75, 3.05) is 0 Å². The molecular formula is C58H36N2O3. The molecule has 0 amide bonds. The molecule has 63 heavy (non-hydrogen) atoms. The van der Waals surface area contributed by atoms with E-state index in [1.165, 1.54) is 5.56 Å². The lowest BCUT2D eigenvalue weighted by Crippen LogP contribution is -2.17. The van der Waals surface area contributed by atoms with E-state index in [9.17, 15) is 0 Å². The quantitative estimate of drug-likeness (QED) is 0.167. The molecule has 8 aromatic carbocycles. The van der Waals surface area contributed by atoms with Gasteiger partial charge >= 0.3 is 0 Å². The van der Waals surface area contributed by atoms with Crippen LogP contribution >= 0.6 is 0 Å². The minimum absolute atomic E-state index is 0.0496. The third kappa shape index (κ3) is 5.93. The molecule has 13 rings (SSSR count). The Hall–Kier alpha value is -8.28. The molecule has 0 saturated heterocycles. The lowest BCUT2D eigenvalue weighted by Gasteiger charge is -2.23. The van der Waals surface area contributed by atoms with Crippen molar-refractivity contribution in [1.82, 2.24) is 9.97 Å². The fourth-order valence-electron chi connectivity index (χ4n) is 9.62. The second-order valence-corrected chi connectivity index (χ2v) is 16.4. The van der Waals surface area contributed by atoms with E-state index in [0.717, 1.165) is 111 Å². The van der Waals surface area contributed by atoms with Gasteiger partial charge in [-0.15, -0.1) is 0 Å². The Kier molecular flexibility index (Phi) is 7.97. The van der Waals surface area contributed by atoms with Crippen LogP contribution in [0.3, 0.4) is 0 Å². The molecular weight excluding hydrogens is 773 g/mol. The van der Waals surface area contributed by atoms with Crippen LogP contribution in [0.15, 0.2) is 215 Å². The summed E-state index contributed by atoms with van der Waals surface area (Å²) in [6.45, 7) is 0. The maximum Gasteiger partial charge on any atom is 0.160 e. The van der Waals surface area contributed by atoms with Crippen molar-refractivity contribution >= 4 is 49.5 Å². The largest absolute Gasteiger partial charge is 0.485 e. The fraction of sp³-hybridized carbons (Fsp3) is 0.0345. The highest BCUT2D eigenvalue weighted by Gasteiger charge is 2.34. The average molecular weight is 809 g/mol. The van der Waals surface area contributed by atoms with Crippen LogP contribution in [0.5, 0.6) is 5.75 Å². The summed E-state index contributed by atoms with van der Waals surface area (Å²) >= 11 is 0. The predicted octanol–water partition coefficient (Wildman–Crippen LogP) is 15.1. The van der Waals surface area contributed by atoms with E-state index in [1.807, 2.05) is 54.6 Å². The van der Waals surface area contributed by atoms with Crippen LogP contribution in [-0.4, -0.2) is 16.1 Å². The second kappa shape index (κ2) is 14.2. The smallest absolute Gasteiger partial charge is 0.160 e. The number of benzene rings is 8. The summed E-state index contributed by atoms with van der Waals surface area (Å²) < 4.78 is 19.2. The third-order valence-electron chi connectivity index (χ3n) is 12.7. The number of para-hydroxylation sites is 3. The van der Waals surface area contributed by atoms with E-state index in [0.29, 0.717) is 5.82 Å². The highest BCUT2D eigenvalue weighted by atomic mass is 16.5. The number of ether oxygens (including phenoxy) is 1. The van der Waals surface area contributed by atoms with Crippen molar-refractivity contribution in [2.24, 2.45) is 0 Å². The first kappa shape index (κ1) is 35.5. The van der Waals surface area contributed by atoms with Gasteiger partial charge in [0.15, 0.2) is 5.82 Å². The maximum atomic E-state index is 6.49. The normalized spacial score (nSPS) is 15.5. The lowest BCUT2D eigenvalue weighted by atomic mass is 9.81. The lowest BCUT2D eigenvalue weighted by molar-refractivity contribution is 0.269. The molecule has 0 N–H and O–H groups in total. The van der Waals surface area contributed by atoms with Gasteiger partial charge in [0.05, 0.1) is 11.4 Å². The second-order valence-electron chi connectivity index (χ2n) is 16.4. The van der Waals surface area contributed by atoms with E-state index >= 15 is 0 Å². The Labute approximate surface area is 362 Å². The van der Waals surface area contributed by atoms with Crippen molar-refractivity contribution in [3.63, 3.8) is 0 Å². The summed E-state index contributed by atoms with van der Waals surface area (Å²) in [5.74, 6) is 1.64. The topological polar surface area (TPSA) is 61.3 Å². The molecule has 2 unspecified atom stereocenters. The van der Waals surface area contributed by atoms with Gasteiger partial charge in [0.1, 0.15) is 34.2 Å². The SMILES string of the molecule is C1=CC2Oc3ccccc3C2C=C1c1cc(-c2ccc3oc4ccccc4c3c2)cc(-c2ccc3oc4ccccc4c3c2)c1-c1cc(-c2ccccc2)nc(-c2ccccc2)n1. The maximum absolute atomic E-state index is 6.49. The number of allylic oxidation sites excluding steroid dienone is 2. The predicted molar refractivity (Wildman–Crippen MR) is 254 cm³/mol. The molecule has 296 valence electrons. The molecule has 5 nitrogen and oxygen atoms in total. The number of nitrogens with zero attached hydrogens (tertiary/aromatic N) is 2. The number of furan rings is 2. The third-order valence-corrected chi connectivity index (χ3v) is 12.7. The van der Waals surface area contributed by atoms with E-state index in [-0.39, 0.29) is 12.0 Å². The molecule has 4 heterocycles. The minimum Gasteiger partial charge on any atom is -0.485 e. The van der Waals surface area contributed by atoms with Crippen LogP contribution in [0.1, 0.15) is 17.0 Å². The van der Waals surface area contributed by atoms with Crippen LogP contribution < -0.4 is 4.74 Å². The Morgan fingerprint density at radius 1 is 0.413 bits per heavy atom. The Bertz CT molecular complexity index is 3610. The van der Waals surface area contributed by atoms with Crippen LogP contribution in [-0.2, 0) is 0 Å². The molecule has 3 aromatic heterocycles. The zero-order valence-electron chi connectivity index (χ0n) is 33.9. The first-order valence-electron chi connectivity index (χ1n) is 21.4. The molecule has 0 radical (unpaired) electrons. The summed E-state index contributed by atoms with van der Waals surface area (Å²) in [4.78, 5) is 10.7. The molecule has 11 aromatic rings. The van der Waals surface area contributed by atoms with Crippen molar-refractivity contribution < 1.29 is 13.6 Å². The number of hydrogen-bond donors (Lipinski definition) is 0. The summed E-state index contributed by atoms with van der Waals surface area (Å²) in [5.41, 5.74) is 15.7. The van der Waals surface area contributed by atoms with Crippen LogP contribution in [0.25, 0.3) is 106 Å². The standard InChI is InChI=1S/C58H36N2O3/c1-3-13-35(14-4-1)49-34-50(60-58(59-49)36-15-5-2-6-16-36)57-44(38-24-27-55-47(30-38)42-18-8-11-21-52(42)62-55)32-40(37-23-26-54-46(29-37)41-17-7-10-20-51(41)61-54)33-45(57)39-25-28-56-48(31-39)43-19-9-12-22-53(43)63-56/h1-34,47,55H. The van der Waals surface area contributed by atoms with Gasteiger partial charge in [-0.2, -0.15) is 0 Å². The van der Waals surface area contributed by atoms with Gasteiger partial charge in [0, 0.05) is 49.7 Å². The number of fused-ring (bicyclic) bond motifs is 9. The monoisotopic (exact) mass is 808 g/mol. The van der Waals surface area contributed by atoms with Crippen molar-refractivity contribution in [1.29, 1.82) is 0 Å². The van der Waals surface area contributed by atoms with Crippen LogP contribution in [0.2, 0.25) is 0 Å². The van der Waals surface area contributed by atoms with E-state index in [2.05, 4.69) is 152 Å². The number of rotatable bonds is 6. The zero-order chi connectivity index (χ0) is 41.4. The molecule has 1 aliphatic heterocycles. The molecule has 5 heteroatoms. The van der Waals surface area contributed by atoms with Crippen molar-refractivity contribution in [3.05, 3.63) is 217 Å². The first-order chi connectivity index (χ1) is 31.2. The summed E-state index contributed by atoms with van der Waals surface area (Å²) in [6.07, 6.45) is 6.75. The fourth-order valence-corrected chi connectivity index (χ4v) is 9.62. The van der Waals surface area contributed by atoms with Gasteiger partial charge in [0.2, 0.25) is 0 Å². The van der Waals surface area contributed by atoms with Gasteiger partial charge in [-0.25, -0.2) is 9.97 Å². The molecule has 2 atom stereocenters. The van der Waals surface area contributed by atoms with Crippen molar-refractivity contribution in [2.45, 2.75) is 12.0 Å². The molecule has 1 aliphatic carbocycles. The molecule has 2 aliphatic rings. The van der Waals surface area contributed by atoms with E-state index in [1.54, 1.807) is 0 Å². The summed E-state index contributed by atoms with van der Waals surface area (Å²) in [7, 11) is 0. The number of aromatic nitrogens is 2. The average Bonchev–Trinajstić information content (AvgIpc) is 4.04. The molecule has 0 spiro atoms. The molecule has 0 bridgehead atoms. The highest BCUT2D eigenvalue weighted by Crippen LogP contribution is 2.48. The molecule has 0 saturated carbocycles. The highest BCUT2D eigenvalue weighted by molar-refractivity contribution is 6.09. The van der Waals surface area contributed by atoms with Crippen molar-refractivity contribution in [3.8, 4) is 61.9 Å². The van der Waals surface area contributed by atoms with Gasteiger partial charge in [0.25, 0.3) is 0 Å².